The normalized spacial score (nSPS) is 24.1. The molecular weight excluding hydrogens is 392 g/mol. The first kappa shape index (κ1) is 22.2. The fourth-order valence-electron chi connectivity index (χ4n) is 3.16. The average molecular weight is 420 g/mol. The van der Waals surface area contributed by atoms with Crippen molar-refractivity contribution in [2.45, 2.75) is 44.5 Å². The van der Waals surface area contributed by atoms with E-state index >= 15 is 0 Å². The van der Waals surface area contributed by atoms with Gasteiger partial charge in [0.25, 0.3) is 5.91 Å². The van der Waals surface area contributed by atoms with Crippen LogP contribution in [0, 0.1) is 0 Å². The molecule has 0 saturated carbocycles. The Morgan fingerprint density at radius 3 is 2.73 bits per heavy atom. The molecule has 1 aliphatic heterocycles. The van der Waals surface area contributed by atoms with Gasteiger partial charge in [0, 0.05) is 12.1 Å². The fourth-order valence-corrected chi connectivity index (χ4v) is 3.16. The maximum absolute atomic E-state index is 12.4. The summed E-state index contributed by atoms with van der Waals surface area (Å²) in [6, 6.07) is 0. The number of aliphatic hydroxyl groups is 2. The van der Waals surface area contributed by atoms with E-state index < -0.39 is 24.5 Å². The summed E-state index contributed by atoms with van der Waals surface area (Å²) in [5.41, 5.74) is 1.05. The summed E-state index contributed by atoms with van der Waals surface area (Å²) in [7, 11) is 3.67. The van der Waals surface area contributed by atoms with Crippen LogP contribution in [0.15, 0.2) is 24.8 Å². The smallest absolute Gasteiger partial charge is 0.253 e. The molecule has 11 heteroatoms. The van der Waals surface area contributed by atoms with Crippen molar-refractivity contribution in [1.29, 1.82) is 0 Å². The Balaban J connectivity index is 1.81. The number of anilines is 1. The van der Waals surface area contributed by atoms with Crippen molar-refractivity contribution in [3.8, 4) is 0 Å². The van der Waals surface area contributed by atoms with Crippen LogP contribution in [-0.4, -0.2) is 92.2 Å². The lowest BCUT2D eigenvalue weighted by Gasteiger charge is -2.17. The third-order valence-electron chi connectivity index (χ3n) is 4.62. The fraction of sp³-hybridized carbons (Fsp3) is 0.579. The molecule has 0 aliphatic carbocycles. The van der Waals surface area contributed by atoms with E-state index in [-0.39, 0.29) is 24.4 Å². The monoisotopic (exact) mass is 420 g/mol. The molecule has 0 aromatic carbocycles. The van der Waals surface area contributed by atoms with Crippen molar-refractivity contribution < 1.29 is 24.5 Å². The molecule has 11 nitrogen and oxygen atoms in total. The van der Waals surface area contributed by atoms with Crippen LogP contribution in [0.25, 0.3) is 11.2 Å². The summed E-state index contributed by atoms with van der Waals surface area (Å²) in [6.45, 7) is 8.07. The largest absolute Gasteiger partial charge is 0.387 e. The van der Waals surface area contributed by atoms with Gasteiger partial charge in [-0.25, -0.2) is 15.0 Å². The van der Waals surface area contributed by atoms with E-state index in [1.165, 1.54) is 17.2 Å². The van der Waals surface area contributed by atoms with Gasteiger partial charge in [0.05, 0.1) is 19.0 Å². The minimum Gasteiger partial charge on any atom is -0.387 e. The van der Waals surface area contributed by atoms with Gasteiger partial charge in [-0.2, -0.15) is 0 Å². The second-order valence-corrected chi connectivity index (χ2v) is 7.77. The molecule has 3 heterocycles. The van der Waals surface area contributed by atoms with Crippen molar-refractivity contribution >= 4 is 22.9 Å². The molecule has 0 radical (unpaired) electrons. The number of fused-ring (bicyclic) bond motifs is 1. The molecule has 30 heavy (non-hydrogen) atoms. The number of carbonyl (C=O) groups excluding carboxylic acids is 1. The maximum Gasteiger partial charge on any atom is 0.253 e. The minimum absolute atomic E-state index is 0.0350. The van der Waals surface area contributed by atoms with E-state index in [0.717, 1.165) is 0 Å². The summed E-state index contributed by atoms with van der Waals surface area (Å²) in [6.07, 6.45) is -1.25. The number of amides is 1. The SMILES string of the molecule is C=C(CN(C)C)C(=O)Nc1ncnc2c1ncn2[C@@H]1O[C@@H](COC(C)C)[C@@H](O)[C@H]1O. The van der Waals surface area contributed by atoms with Gasteiger partial charge in [0.2, 0.25) is 0 Å². The molecule has 1 amide bonds. The summed E-state index contributed by atoms with van der Waals surface area (Å²) in [4.78, 5) is 26.8. The van der Waals surface area contributed by atoms with E-state index in [1.54, 1.807) is 0 Å². The number of carbonyl (C=O) groups is 1. The standard InChI is InChI=1S/C19H28N6O5/c1-10(2)29-7-12-14(26)15(27)19(30-12)25-9-22-13-16(20-8-21-17(13)25)23-18(28)11(3)6-24(4)5/h8-10,12,14-15,19,26-27H,3,6-7H2,1-2,4-5H3,(H,20,21,23,28)/t12-,14+,15+,19+/m0/s1. The van der Waals surface area contributed by atoms with Gasteiger partial charge in [-0.1, -0.05) is 6.58 Å². The number of imidazole rings is 1. The number of hydrogen-bond donors (Lipinski definition) is 3. The lowest BCUT2D eigenvalue weighted by atomic mass is 10.1. The van der Waals surface area contributed by atoms with Gasteiger partial charge in [0.1, 0.15) is 24.6 Å². The summed E-state index contributed by atoms with van der Waals surface area (Å²) in [5.74, 6) is -0.159. The number of nitrogens with zero attached hydrogens (tertiary/aromatic N) is 5. The quantitative estimate of drug-likeness (QED) is 0.501. The second kappa shape index (κ2) is 9.14. The molecule has 1 fully saturated rings. The van der Waals surface area contributed by atoms with Gasteiger partial charge < -0.3 is 29.9 Å². The van der Waals surface area contributed by atoms with Crippen LogP contribution in [0.2, 0.25) is 0 Å². The zero-order chi connectivity index (χ0) is 22.0. The van der Waals surface area contributed by atoms with E-state index in [1.807, 2.05) is 32.8 Å². The van der Waals surface area contributed by atoms with E-state index in [2.05, 4.69) is 26.8 Å². The van der Waals surface area contributed by atoms with Crippen molar-refractivity contribution in [2.75, 3.05) is 32.6 Å². The lowest BCUT2D eigenvalue weighted by molar-refractivity contribution is -0.113. The Hall–Kier alpha value is -2.44. The van der Waals surface area contributed by atoms with Gasteiger partial charge in [0.15, 0.2) is 23.2 Å². The molecule has 0 bridgehead atoms. The Bertz CT molecular complexity index is 914. The predicted octanol–water partition coefficient (Wildman–Crippen LogP) is -0.0732. The number of aromatic nitrogens is 4. The number of hydrogen-bond acceptors (Lipinski definition) is 9. The second-order valence-electron chi connectivity index (χ2n) is 7.77. The molecule has 0 unspecified atom stereocenters. The third kappa shape index (κ3) is 4.65. The van der Waals surface area contributed by atoms with E-state index in [0.29, 0.717) is 23.3 Å². The zero-order valence-corrected chi connectivity index (χ0v) is 17.5. The number of likely N-dealkylation sites (N-methyl/N-ethyl adjacent to an activating group) is 1. The van der Waals surface area contributed by atoms with Crippen LogP contribution in [0.4, 0.5) is 5.82 Å². The predicted molar refractivity (Wildman–Crippen MR) is 109 cm³/mol. The number of nitrogens with one attached hydrogen (secondary N) is 1. The molecule has 0 spiro atoms. The summed E-state index contributed by atoms with van der Waals surface area (Å²) < 4.78 is 12.8. The number of rotatable bonds is 8. The highest BCUT2D eigenvalue weighted by Gasteiger charge is 2.44. The molecule has 1 saturated heterocycles. The summed E-state index contributed by atoms with van der Waals surface area (Å²) >= 11 is 0. The van der Waals surface area contributed by atoms with Crippen molar-refractivity contribution in [3.05, 3.63) is 24.8 Å². The van der Waals surface area contributed by atoms with Crippen LogP contribution >= 0.6 is 0 Å². The van der Waals surface area contributed by atoms with Crippen molar-refractivity contribution in [2.24, 2.45) is 0 Å². The third-order valence-corrected chi connectivity index (χ3v) is 4.62. The van der Waals surface area contributed by atoms with E-state index in [4.69, 9.17) is 9.47 Å². The van der Waals surface area contributed by atoms with Crippen molar-refractivity contribution in [3.63, 3.8) is 0 Å². The first-order valence-corrected chi connectivity index (χ1v) is 9.63. The molecule has 3 rings (SSSR count). The Morgan fingerprint density at radius 1 is 1.33 bits per heavy atom. The molecule has 2 aromatic heterocycles. The lowest BCUT2D eigenvalue weighted by Crippen LogP contribution is -2.34. The Labute approximate surface area is 174 Å². The van der Waals surface area contributed by atoms with Crippen LogP contribution < -0.4 is 5.32 Å². The maximum atomic E-state index is 12.4. The van der Waals surface area contributed by atoms with Gasteiger partial charge in [-0.3, -0.25) is 9.36 Å². The molecule has 3 N–H and O–H groups in total. The molecule has 164 valence electrons. The molecule has 4 atom stereocenters. The molecular formula is C19H28N6O5. The van der Waals surface area contributed by atoms with Gasteiger partial charge >= 0.3 is 0 Å². The first-order chi connectivity index (χ1) is 14.2. The number of aliphatic hydroxyl groups excluding tert-OH is 2. The Morgan fingerprint density at radius 2 is 2.07 bits per heavy atom. The van der Waals surface area contributed by atoms with Gasteiger partial charge in [-0.15, -0.1) is 0 Å². The first-order valence-electron chi connectivity index (χ1n) is 9.63. The molecule has 1 aliphatic rings. The zero-order valence-electron chi connectivity index (χ0n) is 17.5. The van der Waals surface area contributed by atoms with Gasteiger partial charge in [-0.05, 0) is 27.9 Å². The Kier molecular flexibility index (Phi) is 6.78. The summed E-state index contributed by atoms with van der Waals surface area (Å²) in [5, 5.41) is 23.5. The van der Waals surface area contributed by atoms with Crippen LogP contribution in [0.3, 0.4) is 0 Å². The van der Waals surface area contributed by atoms with E-state index in [9.17, 15) is 15.0 Å². The van der Waals surface area contributed by atoms with Crippen LogP contribution in [0.5, 0.6) is 0 Å². The van der Waals surface area contributed by atoms with Crippen molar-refractivity contribution in [1.82, 2.24) is 24.4 Å². The average Bonchev–Trinajstić information content (AvgIpc) is 3.22. The molecule has 2 aromatic rings. The van der Waals surface area contributed by atoms with Crippen LogP contribution in [-0.2, 0) is 14.3 Å². The minimum atomic E-state index is -1.20. The highest BCUT2D eigenvalue weighted by Crippen LogP contribution is 2.32. The van der Waals surface area contributed by atoms with Crippen LogP contribution in [0.1, 0.15) is 20.1 Å². The highest BCUT2D eigenvalue weighted by molar-refractivity contribution is 6.06. The highest BCUT2D eigenvalue weighted by atomic mass is 16.6. The topological polar surface area (TPSA) is 135 Å². The number of ether oxygens (including phenoxy) is 2.